The number of anilines is 2. The molecule has 3 fully saturated rings. The van der Waals surface area contributed by atoms with E-state index in [9.17, 15) is 19.2 Å². The van der Waals surface area contributed by atoms with Crippen LogP contribution < -0.4 is 10.2 Å². The maximum Gasteiger partial charge on any atom is 0.338 e. The van der Waals surface area contributed by atoms with Crippen LogP contribution in [-0.2, 0) is 25.5 Å². The summed E-state index contributed by atoms with van der Waals surface area (Å²) in [6.45, 7) is 1.51. The number of hydrogen-bond acceptors (Lipinski definition) is 5. The van der Waals surface area contributed by atoms with Crippen molar-refractivity contribution in [3.05, 3.63) is 59.7 Å². The first-order valence-electron chi connectivity index (χ1n) is 11.6. The standard InChI is InChI=1S/C26H24Cl2N2O5/c1-2-13-6-3-4-9-18(13)29-19(31)12-35-26(34)14-7-5-8-15(10-14)30-24(32)20-16-11-17(21(20)25(30)33)23(28)22(16)27/h3-10,16-17,20-23H,2,11-12H2,1H3,(H,29,31)/t16-,17-,20-,21-,22-,23+/m1/s1. The highest BCUT2D eigenvalue weighted by Gasteiger charge is 2.66. The third kappa shape index (κ3) is 4.00. The number of esters is 1. The van der Waals surface area contributed by atoms with Gasteiger partial charge in [0.15, 0.2) is 6.61 Å². The molecule has 0 aromatic heterocycles. The van der Waals surface area contributed by atoms with Crippen molar-refractivity contribution >= 4 is 58.3 Å². The number of hydrogen-bond donors (Lipinski definition) is 1. The molecule has 7 nitrogen and oxygen atoms in total. The lowest BCUT2D eigenvalue weighted by molar-refractivity contribution is -0.123. The van der Waals surface area contributed by atoms with E-state index in [-0.39, 0.29) is 40.0 Å². The number of ether oxygens (including phenoxy) is 1. The highest BCUT2D eigenvalue weighted by Crippen LogP contribution is 2.59. The first kappa shape index (κ1) is 23.8. The lowest BCUT2D eigenvalue weighted by Crippen LogP contribution is -2.37. The largest absolute Gasteiger partial charge is 0.452 e. The topological polar surface area (TPSA) is 92.8 Å². The van der Waals surface area contributed by atoms with Crippen molar-refractivity contribution in [2.24, 2.45) is 23.7 Å². The molecule has 3 amide bonds. The maximum atomic E-state index is 13.2. The van der Waals surface area contributed by atoms with Crippen molar-refractivity contribution in [3.8, 4) is 0 Å². The second kappa shape index (κ2) is 9.28. The maximum absolute atomic E-state index is 13.2. The van der Waals surface area contributed by atoms with Crippen LogP contribution in [-0.4, -0.2) is 41.1 Å². The monoisotopic (exact) mass is 514 g/mol. The van der Waals surface area contributed by atoms with Crippen LogP contribution in [0.15, 0.2) is 48.5 Å². The molecule has 0 radical (unpaired) electrons. The molecule has 35 heavy (non-hydrogen) atoms. The molecule has 1 aliphatic heterocycles. The van der Waals surface area contributed by atoms with Gasteiger partial charge in [-0.3, -0.25) is 19.3 Å². The molecular formula is C26H24Cl2N2O5. The molecule has 0 spiro atoms. The van der Waals surface area contributed by atoms with Crippen LogP contribution in [0.2, 0.25) is 0 Å². The second-order valence-corrected chi connectivity index (χ2v) is 10.2. The zero-order valence-corrected chi connectivity index (χ0v) is 20.5. The SMILES string of the molecule is CCc1ccccc1NC(=O)COC(=O)c1cccc(N2C(=O)[C@@H]3[C@H]4C[C@@H]([C@@H](Cl)[C@H]4Cl)[C@H]3C2=O)c1. The molecule has 2 aromatic carbocycles. The zero-order chi connectivity index (χ0) is 24.9. The van der Waals surface area contributed by atoms with Crippen LogP contribution in [0.25, 0.3) is 0 Å². The van der Waals surface area contributed by atoms with Crippen LogP contribution in [0.1, 0.15) is 29.3 Å². The van der Waals surface area contributed by atoms with Gasteiger partial charge < -0.3 is 10.1 Å². The second-order valence-electron chi connectivity index (χ2n) is 9.20. The molecule has 2 aromatic rings. The van der Waals surface area contributed by atoms with Gasteiger partial charge in [0, 0.05) is 5.69 Å². The fourth-order valence-electron chi connectivity index (χ4n) is 5.73. The molecule has 6 atom stereocenters. The quantitative estimate of drug-likeness (QED) is 0.357. The Kier molecular flexibility index (Phi) is 6.32. The lowest BCUT2D eigenvalue weighted by Gasteiger charge is -2.28. The fourth-order valence-corrected chi connectivity index (χ4v) is 6.62. The van der Waals surface area contributed by atoms with E-state index in [1.165, 1.54) is 12.1 Å². The molecule has 2 saturated carbocycles. The summed E-state index contributed by atoms with van der Waals surface area (Å²) in [5, 5.41) is 2.07. The van der Waals surface area contributed by atoms with Crippen molar-refractivity contribution in [2.75, 3.05) is 16.8 Å². The van der Waals surface area contributed by atoms with Gasteiger partial charge in [0.05, 0.1) is 33.8 Å². The van der Waals surface area contributed by atoms with Crippen molar-refractivity contribution in [3.63, 3.8) is 0 Å². The van der Waals surface area contributed by atoms with Crippen LogP contribution in [0.4, 0.5) is 11.4 Å². The summed E-state index contributed by atoms with van der Waals surface area (Å²) < 4.78 is 5.18. The molecule has 9 heteroatoms. The Bertz CT molecular complexity index is 1190. The number of imide groups is 1. The van der Waals surface area contributed by atoms with Crippen LogP contribution in [0, 0.1) is 23.7 Å². The Labute approximate surface area is 212 Å². The average molecular weight is 515 g/mol. The van der Waals surface area contributed by atoms with Gasteiger partial charge in [-0.1, -0.05) is 31.2 Å². The van der Waals surface area contributed by atoms with Gasteiger partial charge in [0.25, 0.3) is 5.91 Å². The van der Waals surface area contributed by atoms with E-state index in [0.717, 1.165) is 16.9 Å². The number of aryl methyl sites for hydroxylation is 1. The molecule has 1 N–H and O–H groups in total. The number of fused-ring (bicyclic) bond motifs is 5. The summed E-state index contributed by atoms with van der Waals surface area (Å²) >= 11 is 12.8. The van der Waals surface area contributed by atoms with Gasteiger partial charge in [0.1, 0.15) is 0 Å². The predicted molar refractivity (Wildman–Crippen MR) is 132 cm³/mol. The Hall–Kier alpha value is -2.90. The summed E-state index contributed by atoms with van der Waals surface area (Å²) in [6.07, 6.45) is 1.43. The van der Waals surface area contributed by atoms with E-state index in [2.05, 4.69) is 5.32 Å². The van der Waals surface area contributed by atoms with Crippen LogP contribution in [0.5, 0.6) is 0 Å². The van der Waals surface area contributed by atoms with E-state index in [4.69, 9.17) is 27.9 Å². The Morgan fingerprint density at radius 3 is 2.31 bits per heavy atom. The number of benzene rings is 2. The summed E-state index contributed by atoms with van der Waals surface area (Å²) in [5.74, 6) is -3.00. The van der Waals surface area contributed by atoms with Gasteiger partial charge in [-0.2, -0.15) is 0 Å². The summed E-state index contributed by atoms with van der Waals surface area (Å²) in [7, 11) is 0. The first-order valence-corrected chi connectivity index (χ1v) is 12.5. The Morgan fingerprint density at radius 2 is 1.66 bits per heavy atom. The van der Waals surface area contributed by atoms with Gasteiger partial charge >= 0.3 is 5.97 Å². The first-order chi connectivity index (χ1) is 16.8. The van der Waals surface area contributed by atoms with E-state index in [1.54, 1.807) is 18.2 Å². The number of nitrogens with zero attached hydrogens (tertiary/aromatic N) is 1. The number of carbonyl (C=O) groups is 4. The van der Waals surface area contributed by atoms with Crippen LogP contribution in [0.3, 0.4) is 0 Å². The zero-order valence-electron chi connectivity index (χ0n) is 18.9. The third-order valence-corrected chi connectivity index (χ3v) is 8.65. The number of halogens is 2. The highest BCUT2D eigenvalue weighted by atomic mass is 35.5. The smallest absolute Gasteiger partial charge is 0.338 e. The molecule has 2 bridgehead atoms. The predicted octanol–water partition coefficient (Wildman–Crippen LogP) is 4.01. The Balaban J connectivity index is 1.26. The van der Waals surface area contributed by atoms with Crippen molar-refractivity contribution in [1.29, 1.82) is 0 Å². The number of carbonyl (C=O) groups excluding carboxylic acids is 4. The number of alkyl halides is 2. The minimum atomic E-state index is -0.730. The summed E-state index contributed by atoms with van der Waals surface area (Å²) in [6, 6.07) is 13.5. The molecule has 5 rings (SSSR count). The molecular weight excluding hydrogens is 491 g/mol. The number of para-hydroxylation sites is 1. The van der Waals surface area contributed by atoms with Crippen molar-refractivity contribution in [1.82, 2.24) is 0 Å². The molecule has 0 unspecified atom stereocenters. The van der Waals surface area contributed by atoms with E-state index in [0.29, 0.717) is 17.8 Å². The third-order valence-electron chi connectivity index (χ3n) is 7.33. The van der Waals surface area contributed by atoms with Crippen LogP contribution >= 0.6 is 23.2 Å². The molecule has 2 aliphatic carbocycles. The van der Waals surface area contributed by atoms with Gasteiger partial charge in [0.2, 0.25) is 11.8 Å². The number of rotatable bonds is 6. The Morgan fingerprint density at radius 1 is 1.00 bits per heavy atom. The molecule has 1 saturated heterocycles. The normalized spacial score (nSPS) is 28.8. The van der Waals surface area contributed by atoms with Gasteiger partial charge in [-0.15, -0.1) is 23.2 Å². The minimum absolute atomic E-state index is 0.125. The number of nitrogens with one attached hydrogen (secondary N) is 1. The molecule has 1 heterocycles. The van der Waals surface area contributed by atoms with Crippen molar-refractivity contribution < 1.29 is 23.9 Å². The summed E-state index contributed by atoms with van der Waals surface area (Å²) in [5.41, 5.74) is 2.07. The highest BCUT2D eigenvalue weighted by molar-refractivity contribution is 6.32. The van der Waals surface area contributed by atoms with E-state index < -0.39 is 30.3 Å². The van der Waals surface area contributed by atoms with E-state index in [1.807, 2.05) is 25.1 Å². The van der Waals surface area contributed by atoms with Crippen molar-refractivity contribution in [2.45, 2.75) is 30.5 Å². The fraction of sp³-hybridized carbons (Fsp3) is 0.385. The van der Waals surface area contributed by atoms with Gasteiger partial charge in [-0.05, 0) is 54.5 Å². The minimum Gasteiger partial charge on any atom is -0.452 e. The average Bonchev–Trinajstić information content (AvgIpc) is 3.47. The molecule has 3 aliphatic rings. The van der Waals surface area contributed by atoms with Gasteiger partial charge in [-0.25, -0.2) is 4.79 Å². The molecule has 182 valence electrons. The van der Waals surface area contributed by atoms with E-state index >= 15 is 0 Å². The lowest BCUT2D eigenvalue weighted by atomic mass is 9.80. The summed E-state index contributed by atoms with van der Waals surface area (Å²) in [4.78, 5) is 52.5. The number of amides is 3.